The lowest BCUT2D eigenvalue weighted by molar-refractivity contribution is 0.559. The molecule has 0 fully saturated rings. The average Bonchev–Trinajstić information content (AvgIpc) is 2.90. The van der Waals surface area contributed by atoms with Crippen LogP contribution >= 0.6 is 39.0 Å². The predicted octanol–water partition coefficient (Wildman–Crippen LogP) is 4.05. The Morgan fingerprint density at radius 2 is 2.20 bits per heavy atom. The maximum atomic E-state index is 5.80. The van der Waals surface area contributed by atoms with Crippen molar-refractivity contribution in [1.82, 2.24) is 5.43 Å². The van der Waals surface area contributed by atoms with Gasteiger partial charge in [0, 0.05) is 20.0 Å². The van der Waals surface area contributed by atoms with Crippen molar-refractivity contribution in [2.75, 3.05) is 5.75 Å². The minimum absolute atomic E-state index is 0.189. The van der Waals surface area contributed by atoms with Gasteiger partial charge in [-0.05, 0) is 41.9 Å². The number of thioether (sulfide) groups is 1. The van der Waals surface area contributed by atoms with Crippen molar-refractivity contribution in [2.24, 2.45) is 5.84 Å². The molecule has 106 valence electrons. The van der Waals surface area contributed by atoms with E-state index >= 15 is 0 Å². The molecule has 0 aliphatic carbocycles. The highest BCUT2D eigenvalue weighted by molar-refractivity contribution is 9.10. The van der Waals surface area contributed by atoms with Gasteiger partial charge in [0.15, 0.2) is 0 Å². The summed E-state index contributed by atoms with van der Waals surface area (Å²) in [6.07, 6.45) is 2.11. The van der Waals surface area contributed by atoms with Crippen LogP contribution in [0.15, 0.2) is 34.8 Å². The van der Waals surface area contributed by atoms with E-state index < -0.39 is 0 Å². The standard InChI is InChI=1S/C15H17BrN2S2/c16-12-4-2-1-3-10(12)7-13(18-17)15-8-11-9-19-6-5-14(11)20-15/h1-4,8,13,18H,5-7,9,17H2. The van der Waals surface area contributed by atoms with Gasteiger partial charge in [-0.2, -0.15) is 11.8 Å². The van der Waals surface area contributed by atoms with Crippen LogP contribution in [-0.4, -0.2) is 5.75 Å². The van der Waals surface area contributed by atoms with Crippen molar-refractivity contribution in [3.05, 3.63) is 55.7 Å². The number of benzene rings is 1. The van der Waals surface area contributed by atoms with Crippen LogP contribution in [-0.2, 0) is 18.6 Å². The molecule has 3 rings (SSSR count). The third-order valence-corrected chi connectivity index (χ3v) is 6.71. The van der Waals surface area contributed by atoms with Crippen molar-refractivity contribution >= 4 is 39.0 Å². The van der Waals surface area contributed by atoms with Crippen LogP contribution in [0.4, 0.5) is 0 Å². The molecule has 2 heterocycles. The predicted molar refractivity (Wildman–Crippen MR) is 92.1 cm³/mol. The number of hydrogen-bond donors (Lipinski definition) is 2. The van der Waals surface area contributed by atoms with E-state index in [0.717, 1.165) is 16.6 Å². The van der Waals surface area contributed by atoms with Gasteiger partial charge in [0.2, 0.25) is 0 Å². The quantitative estimate of drug-likeness (QED) is 0.631. The van der Waals surface area contributed by atoms with Gasteiger partial charge in [-0.1, -0.05) is 34.1 Å². The number of rotatable bonds is 4. The molecule has 0 amide bonds. The SMILES string of the molecule is NNC(Cc1ccccc1Br)c1cc2c(s1)CCSC2. The fourth-order valence-electron chi connectivity index (χ4n) is 2.47. The van der Waals surface area contributed by atoms with Crippen LogP contribution in [0.3, 0.4) is 0 Å². The van der Waals surface area contributed by atoms with Crippen LogP contribution in [0.1, 0.15) is 26.9 Å². The highest BCUT2D eigenvalue weighted by Gasteiger charge is 2.19. The first kappa shape index (κ1) is 14.6. The largest absolute Gasteiger partial charge is 0.271 e. The Morgan fingerprint density at radius 1 is 1.35 bits per heavy atom. The minimum atomic E-state index is 0.189. The molecular weight excluding hydrogens is 352 g/mol. The molecule has 0 radical (unpaired) electrons. The Balaban J connectivity index is 1.83. The molecule has 1 unspecified atom stereocenters. The highest BCUT2D eigenvalue weighted by Crippen LogP contribution is 2.35. The van der Waals surface area contributed by atoms with Gasteiger partial charge in [0.25, 0.3) is 0 Å². The van der Waals surface area contributed by atoms with Crippen molar-refractivity contribution in [2.45, 2.75) is 24.6 Å². The summed E-state index contributed by atoms with van der Waals surface area (Å²) in [6.45, 7) is 0. The Labute approximate surface area is 136 Å². The Morgan fingerprint density at radius 3 is 2.95 bits per heavy atom. The van der Waals surface area contributed by atoms with Crippen molar-refractivity contribution < 1.29 is 0 Å². The zero-order chi connectivity index (χ0) is 13.9. The minimum Gasteiger partial charge on any atom is -0.271 e. The smallest absolute Gasteiger partial charge is 0.0594 e. The molecule has 1 atom stereocenters. The number of hydrazine groups is 1. The molecule has 20 heavy (non-hydrogen) atoms. The first-order valence-electron chi connectivity index (χ1n) is 6.66. The molecule has 0 saturated heterocycles. The van der Waals surface area contributed by atoms with Gasteiger partial charge in [0.1, 0.15) is 0 Å². The normalized spacial score (nSPS) is 15.9. The number of halogens is 1. The van der Waals surface area contributed by atoms with Gasteiger partial charge in [-0.3, -0.25) is 11.3 Å². The molecule has 1 aliphatic heterocycles. The average molecular weight is 369 g/mol. The van der Waals surface area contributed by atoms with Gasteiger partial charge < -0.3 is 0 Å². The summed E-state index contributed by atoms with van der Waals surface area (Å²) >= 11 is 7.56. The number of nitrogens with one attached hydrogen (secondary N) is 1. The molecule has 2 aromatic rings. The number of fused-ring (bicyclic) bond motifs is 1. The number of nitrogens with two attached hydrogens (primary N) is 1. The molecule has 0 spiro atoms. The van der Waals surface area contributed by atoms with Crippen LogP contribution in [0.25, 0.3) is 0 Å². The van der Waals surface area contributed by atoms with E-state index in [0.29, 0.717) is 0 Å². The Bertz CT molecular complexity index is 574. The van der Waals surface area contributed by atoms with E-state index in [4.69, 9.17) is 5.84 Å². The van der Waals surface area contributed by atoms with Crippen LogP contribution in [0.2, 0.25) is 0 Å². The van der Waals surface area contributed by atoms with E-state index in [-0.39, 0.29) is 6.04 Å². The van der Waals surface area contributed by atoms with Crippen LogP contribution in [0.5, 0.6) is 0 Å². The van der Waals surface area contributed by atoms with Gasteiger partial charge in [-0.15, -0.1) is 11.3 Å². The summed E-state index contributed by atoms with van der Waals surface area (Å²) in [5, 5.41) is 0. The fraction of sp³-hybridized carbons (Fsp3) is 0.333. The maximum absolute atomic E-state index is 5.80. The third kappa shape index (κ3) is 3.12. The van der Waals surface area contributed by atoms with E-state index in [1.54, 1.807) is 4.88 Å². The van der Waals surface area contributed by atoms with E-state index in [1.807, 2.05) is 29.2 Å². The summed E-state index contributed by atoms with van der Waals surface area (Å²) in [4.78, 5) is 2.90. The molecular formula is C15H17BrN2S2. The van der Waals surface area contributed by atoms with Gasteiger partial charge >= 0.3 is 0 Å². The summed E-state index contributed by atoms with van der Waals surface area (Å²) in [6, 6.07) is 10.9. The van der Waals surface area contributed by atoms with E-state index in [2.05, 4.69) is 45.6 Å². The summed E-state index contributed by atoms with van der Waals surface area (Å²) < 4.78 is 1.15. The second-order valence-corrected chi connectivity index (χ2v) is 8.04. The van der Waals surface area contributed by atoms with Crippen molar-refractivity contribution in [3.8, 4) is 0 Å². The van der Waals surface area contributed by atoms with Crippen LogP contribution < -0.4 is 11.3 Å². The Kier molecular flexibility index (Phi) is 4.83. The van der Waals surface area contributed by atoms with Crippen molar-refractivity contribution in [1.29, 1.82) is 0 Å². The zero-order valence-electron chi connectivity index (χ0n) is 11.1. The fourth-order valence-corrected chi connectivity index (χ4v) is 5.35. The second-order valence-electron chi connectivity index (χ2n) is 4.91. The topological polar surface area (TPSA) is 38.0 Å². The molecule has 5 heteroatoms. The monoisotopic (exact) mass is 368 g/mol. The highest BCUT2D eigenvalue weighted by atomic mass is 79.9. The lowest BCUT2D eigenvalue weighted by atomic mass is 10.0. The summed E-state index contributed by atoms with van der Waals surface area (Å²) in [5.41, 5.74) is 5.78. The molecule has 2 nitrogen and oxygen atoms in total. The van der Waals surface area contributed by atoms with Gasteiger partial charge in [0.05, 0.1) is 6.04 Å². The van der Waals surface area contributed by atoms with Crippen molar-refractivity contribution in [3.63, 3.8) is 0 Å². The first-order valence-corrected chi connectivity index (χ1v) is 9.43. The molecule has 3 N–H and O–H groups in total. The lowest BCUT2D eigenvalue weighted by Crippen LogP contribution is -2.29. The van der Waals surface area contributed by atoms with E-state index in [9.17, 15) is 0 Å². The summed E-state index contributed by atoms with van der Waals surface area (Å²) in [5.74, 6) is 8.20. The Hall–Kier alpha value is -0.330. The van der Waals surface area contributed by atoms with Gasteiger partial charge in [-0.25, -0.2) is 0 Å². The number of aryl methyl sites for hydroxylation is 1. The maximum Gasteiger partial charge on any atom is 0.0594 e. The summed E-state index contributed by atoms with van der Waals surface area (Å²) in [7, 11) is 0. The zero-order valence-corrected chi connectivity index (χ0v) is 14.3. The number of hydrogen-bond acceptors (Lipinski definition) is 4. The lowest BCUT2D eigenvalue weighted by Gasteiger charge is -2.15. The molecule has 1 aliphatic rings. The van der Waals surface area contributed by atoms with Crippen LogP contribution in [0, 0.1) is 0 Å². The first-order chi connectivity index (χ1) is 9.78. The molecule has 0 bridgehead atoms. The third-order valence-electron chi connectivity index (χ3n) is 3.57. The molecule has 1 aromatic carbocycles. The second kappa shape index (κ2) is 6.62. The molecule has 1 aromatic heterocycles. The van der Waals surface area contributed by atoms with E-state index in [1.165, 1.54) is 28.2 Å². The molecule has 0 saturated carbocycles. The number of thiophene rings is 1.